The highest BCUT2D eigenvalue weighted by Crippen LogP contribution is 2.23. The van der Waals surface area contributed by atoms with Gasteiger partial charge in [0.05, 0.1) is 6.07 Å². The standard InChI is InChI=1S/C18H13F2N5O/c1-11-6-12(13-7-14(19)10-15(20)8-13)9-16(22-11)18(26)23-17-2-4-25(24-17)5-3-21/h2,4,6-10H,5H2,1H3,(H,23,24,26). The Morgan fingerprint density at radius 2 is 1.88 bits per heavy atom. The number of nitrogens with one attached hydrogen (secondary N) is 1. The molecule has 1 amide bonds. The number of hydrogen-bond acceptors (Lipinski definition) is 4. The summed E-state index contributed by atoms with van der Waals surface area (Å²) in [5.74, 6) is -1.66. The van der Waals surface area contributed by atoms with Crippen LogP contribution in [0.25, 0.3) is 11.1 Å². The molecule has 3 rings (SSSR count). The number of aromatic nitrogens is 3. The molecule has 1 aromatic carbocycles. The minimum Gasteiger partial charge on any atom is -0.304 e. The lowest BCUT2D eigenvalue weighted by molar-refractivity contribution is 0.102. The summed E-state index contributed by atoms with van der Waals surface area (Å²) in [6.45, 7) is 1.74. The molecule has 0 aliphatic carbocycles. The third-order valence-electron chi connectivity index (χ3n) is 3.50. The summed E-state index contributed by atoms with van der Waals surface area (Å²) in [6, 6.07) is 9.71. The van der Waals surface area contributed by atoms with E-state index in [0.29, 0.717) is 16.8 Å². The van der Waals surface area contributed by atoms with Crippen LogP contribution >= 0.6 is 0 Å². The number of hydrogen-bond donors (Lipinski definition) is 1. The maximum absolute atomic E-state index is 13.5. The quantitative estimate of drug-likeness (QED) is 0.780. The molecule has 3 aromatic rings. The van der Waals surface area contributed by atoms with Crippen molar-refractivity contribution in [1.29, 1.82) is 5.26 Å². The van der Waals surface area contributed by atoms with Crippen molar-refractivity contribution in [1.82, 2.24) is 14.8 Å². The highest BCUT2D eigenvalue weighted by Gasteiger charge is 2.13. The van der Waals surface area contributed by atoms with Crippen molar-refractivity contribution in [3.63, 3.8) is 0 Å². The van der Waals surface area contributed by atoms with Crippen LogP contribution in [0.4, 0.5) is 14.6 Å². The van der Waals surface area contributed by atoms with E-state index in [9.17, 15) is 13.6 Å². The Kier molecular flexibility index (Phi) is 4.71. The molecule has 8 heteroatoms. The lowest BCUT2D eigenvalue weighted by Crippen LogP contribution is -2.15. The molecule has 0 spiro atoms. The molecule has 1 N–H and O–H groups in total. The number of nitrogens with zero attached hydrogens (tertiary/aromatic N) is 4. The minimum absolute atomic E-state index is 0.0633. The van der Waals surface area contributed by atoms with Crippen LogP contribution in [0.5, 0.6) is 0 Å². The van der Waals surface area contributed by atoms with Gasteiger partial charge in [0.25, 0.3) is 5.91 Å². The Balaban J connectivity index is 1.89. The van der Waals surface area contributed by atoms with Crippen LogP contribution in [0, 0.1) is 29.9 Å². The average Bonchev–Trinajstić information content (AvgIpc) is 3.01. The molecule has 130 valence electrons. The number of carbonyl (C=O) groups is 1. The zero-order valence-electron chi connectivity index (χ0n) is 13.7. The van der Waals surface area contributed by atoms with Crippen molar-refractivity contribution in [3.8, 4) is 17.2 Å². The number of anilines is 1. The molecule has 0 aliphatic rings. The van der Waals surface area contributed by atoms with Crippen LogP contribution in [0.15, 0.2) is 42.6 Å². The first-order chi connectivity index (χ1) is 12.4. The fraction of sp³-hybridized carbons (Fsp3) is 0.111. The second-order valence-corrected chi connectivity index (χ2v) is 5.55. The molecule has 0 saturated carbocycles. The first-order valence-corrected chi connectivity index (χ1v) is 7.61. The van der Waals surface area contributed by atoms with E-state index < -0.39 is 17.5 Å². The predicted molar refractivity (Wildman–Crippen MR) is 90.1 cm³/mol. The van der Waals surface area contributed by atoms with E-state index >= 15 is 0 Å². The lowest BCUT2D eigenvalue weighted by Gasteiger charge is -2.08. The van der Waals surface area contributed by atoms with Gasteiger partial charge in [-0.15, -0.1) is 0 Å². The van der Waals surface area contributed by atoms with Crippen molar-refractivity contribution < 1.29 is 13.6 Å². The molecular formula is C18H13F2N5O. The number of carbonyl (C=O) groups excluding carboxylic acids is 1. The third kappa shape index (κ3) is 3.89. The first kappa shape index (κ1) is 17.2. The largest absolute Gasteiger partial charge is 0.304 e. The average molecular weight is 353 g/mol. The summed E-state index contributed by atoms with van der Waals surface area (Å²) in [5.41, 5.74) is 1.38. The Bertz CT molecular complexity index is 1000. The first-order valence-electron chi connectivity index (χ1n) is 7.61. The van der Waals surface area contributed by atoms with Crippen LogP contribution in [0.3, 0.4) is 0 Å². The van der Waals surface area contributed by atoms with Crippen LogP contribution in [-0.2, 0) is 6.54 Å². The van der Waals surface area contributed by atoms with Gasteiger partial charge in [0.1, 0.15) is 23.9 Å². The smallest absolute Gasteiger partial charge is 0.275 e. The van der Waals surface area contributed by atoms with Crippen LogP contribution in [-0.4, -0.2) is 20.7 Å². The minimum atomic E-state index is -0.705. The zero-order chi connectivity index (χ0) is 18.7. The molecule has 2 aromatic heterocycles. The van der Waals surface area contributed by atoms with E-state index in [1.54, 1.807) is 25.3 Å². The number of rotatable bonds is 4. The van der Waals surface area contributed by atoms with E-state index in [1.165, 1.54) is 22.9 Å². The Morgan fingerprint density at radius 1 is 1.19 bits per heavy atom. The lowest BCUT2D eigenvalue weighted by atomic mass is 10.0. The fourth-order valence-corrected chi connectivity index (χ4v) is 2.44. The molecule has 0 aliphatic heterocycles. The van der Waals surface area contributed by atoms with E-state index in [-0.39, 0.29) is 18.1 Å². The third-order valence-corrected chi connectivity index (χ3v) is 3.50. The maximum Gasteiger partial charge on any atom is 0.275 e. The number of aryl methyl sites for hydroxylation is 1. The second-order valence-electron chi connectivity index (χ2n) is 5.55. The Morgan fingerprint density at radius 3 is 2.58 bits per heavy atom. The summed E-state index contributed by atoms with van der Waals surface area (Å²) >= 11 is 0. The van der Waals surface area contributed by atoms with E-state index in [1.807, 2.05) is 6.07 Å². The van der Waals surface area contributed by atoms with Gasteiger partial charge >= 0.3 is 0 Å². The van der Waals surface area contributed by atoms with Gasteiger partial charge in [-0.25, -0.2) is 13.8 Å². The normalized spacial score (nSPS) is 10.4. The number of benzene rings is 1. The molecule has 26 heavy (non-hydrogen) atoms. The number of nitriles is 1. The van der Waals surface area contributed by atoms with E-state index in [2.05, 4.69) is 15.4 Å². The molecule has 2 heterocycles. The van der Waals surface area contributed by atoms with E-state index in [4.69, 9.17) is 5.26 Å². The summed E-state index contributed by atoms with van der Waals surface area (Å²) in [6.07, 6.45) is 1.56. The molecule has 0 atom stereocenters. The molecule has 6 nitrogen and oxygen atoms in total. The number of amides is 1. The topological polar surface area (TPSA) is 83.6 Å². The van der Waals surface area contributed by atoms with Crippen LogP contribution in [0.2, 0.25) is 0 Å². The molecule has 0 unspecified atom stereocenters. The maximum atomic E-state index is 13.5. The van der Waals surface area contributed by atoms with Gasteiger partial charge in [-0.05, 0) is 42.3 Å². The molecular weight excluding hydrogens is 340 g/mol. The van der Waals surface area contributed by atoms with Gasteiger partial charge < -0.3 is 5.32 Å². The second kappa shape index (κ2) is 7.11. The van der Waals surface area contributed by atoms with Gasteiger partial charge in [0, 0.05) is 24.0 Å². The van der Waals surface area contributed by atoms with Crippen molar-refractivity contribution in [2.24, 2.45) is 0 Å². The van der Waals surface area contributed by atoms with Crippen LogP contribution < -0.4 is 5.32 Å². The van der Waals surface area contributed by atoms with Gasteiger partial charge in [-0.1, -0.05) is 0 Å². The van der Waals surface area contributed by atoms with Crippen molar-refractivity contribution in [2.45, 2.75) is 13.5 Å². The highest BCUT2D eigenvalue weighted by atomic mass is 19.1. The Labute approximate surface area is 147 Å². The summed E-state index contributed by atoms with van der Waals surface area (Å²) < 4.78 is 28.3. The molecule has 0 bridgehead atoms. The molecule has 0 saturated heterocycles. The van der Waals surface area contributed by atoms with Crippen molar-refractivity contribution >= 4 is 11.7 Å². The highest BCUT2D eigenvalue weighted by molar-refractivity contribution is 6.03. The van der Waals surface area contributed by atoms with Crippen molar-refractivity contribution in [2.75, 3.05) is 5.32 Å². The summed E-state index contributed by atoms with van der Waals surface area (Å²) in [4.78, 5) is 16.6. The van der Waals surface area contributed by atoms with E-state index in [0.717, 1.165) is 6.07 Å². The van der Waals surface area contributed by atoms with Gasteiger partial charge in [-0.2, -0.15) is 10.4 Å². The van der Waals surface area contributed by atoms with Gasteiger partial charge in [-0.3, -0.25) is 9.48 Å². The monoisotopic (exact) mass is 353 g/mol. The summed E-state index contributed by atoms with van der Waals surface area (Å²) in [5, 5.41) is 15.2. The SMILES string of the molecule is Cc1cc(-c2cc(F)cc(F)c2)cc(C(=O)Nc2ccn(CC#N)n2)n1. The fourth-order valence-electron chi connectivity index (χ4n) is 2.44. The zero-order valence-corrected chi connectivity index (χ0v) is 13.7. The van der Waals surface area contributed by atoms with Crippen LogP contribution in [0.1, 0.15) is 16.2 Å². The molecule has 0 fully saturated rings. The van der Waals surface area contributed by atoms with Crippen molar-refractivity contribution in [3.05, 3.63) is 65.6 Å². The van der Waals surface area contributed by atoms with Gasteiger partial charge in [0.2, 0.25) is 0 Å². The van der Waals surface area contributed by atoms with Gasteiger partial charge in [0.15, 0.2) is 5.82 Å². The summed E-state index contributed by atoms with van der Waals surface area (Å²) in [7, 11) is 0. The Hall–Kier alpha value is -3.60. The molecule has 0 radical (unpaired) electrons. The predicted octanol–water partition coefficient (Wildman–Crippen LogP) is 3.31. The number of pyridine rings is 1. The number of halogens is 2.